The Bertz CT molecular complexity index is 233. The largest absolute Gasteiger partial charge is 0.353 e. The molecule has 0 heterocycles. The fourth-order valence-electron chi connectivity index (χ4n) is 1.57. The molecule has 0 fully saturated rings. The van der Waals surface area contributed by atoms with E-state index in [0.29, 0.717) is 13.0 Å². The second-order valence-corrected chi connectivity index (χ2v) is 4.15. The normalized spacial score (nSPS) is 13.9. The highest BCUT2D eigenvalue weighted by atomic mass is 16.1. The molecule has 0 aliphatic rings. The van der Waals surface area contributed by atoms with E-state index in [1.54, 1.807) is 0 Å². The Morgan fingerprint density at radius 1 is 1.44 bits per heavy atom. The summed E-state index contributed by atoms with van der Waals surface area (Å²) in [6.07, 6.45) is 8.97. The lowest BCUT2D eigenvalue weighted by Crippen LogP contribution is -2.42. The monoisotopic (exact) mass is 224 g/mol. The minimum Gasteiger partial charge on any atom is -0.353 e. The zero-order valence-electron chi connectivity index (χ0n) is 10.7. The van der Waals surface area contributed by atoms with E-state index >= 15 is 0 Å². The highest BCUT2D eigenvalue weighted by molar-refractivity contribution is 5.78. The van der Waals surface area contributed by atoms with E-state index in [0.717, 1.165) is 19.3 Å². The SMILES string of the molecule is C#CCC(CC)NCC(=O)NC(C)CCC. The maximum absolute atomic E-state index is 11.5. The predicted molar refractivity (Wildman–Crippen MR) is 68.0 cm³/mol. The summed E-state index contributed by atoms with van der Waals surface area (Å²) >= 11 is 0. The van der Waals surface area contributed by atoms with Crippen molar-refractivity contribution in [3.63, 3.8) is 0 Å². The van der Waals surface area contributed by atoms with Crippen molar-refractivity contribution in [2.45, 2.75) is 58.5 Å². The molecule has 0 aromatic heterocycles. The third-order valence-corrected chi connectivity index (χ3v) is 2.54. The smallest absolute Gasteiger partial charge is 0.234 e. The fraction of sp³-hybridized carbons (Fsp3) is 0.769. The van der Waals surface area contributed by atoms with Crippen molar-refractivity contribution in [2.75, 3.05) is 6.54 Å². The van der Waals surface area contributed by atoms with Crippen molar-refractivity contribution in [3.8, 4) is 12.3 Å². The van der Waals surface area contributed by atoms with E-state index in [1.165, 1.54) is 0 Å². The minimum absolute atomic E-state index is 0.0522. The van der Waals surface area contributed by atoms with E-state index in [9.17, 15) is 4.79 Å². The number of rotatable bonds is 8. The molecule has 0 aliphatic carbocycles. The molecular weight excluding hydrogens is 200 g/mol. The minimum atomic E-state index is 0.0522. The number of carbonyl (C=O) groups excluding carboxylic acids is 1. The van der Waals surface area contributed by atoms with Gasteiger partial charge in [0.05, 0.1) is 6.54 Å². The molecular formula is C13H24N2O. The number of nitrogens with one attached hydrogen (secondary N) is 2. The summed E-state index contributed by atoms with van der Waals surface area (Å²) in [5.41, 5.74) is 0. The Kier molecular flexibility index (Phi) is 8.65. The van der Waals surface area contributed by atoms with Crippen molar-refractivity contribution in [1.29, 1.82) is 0 Å². The van der Waals surface area contributed by atoms with E-state index in [-0.39, 0.29) is 18.0 Å². The van der Waals surface area contributed by atoms with E-state index in [4.69, 9.17) is 6.42 Å². The first-order chi connectivity index (χ1) is 7.63. The van der Waals surface area contributed by atoms with E-state index in [1.807, 2.05) is 6.92 Å². The molecule has 0 bridgehead atoms. The molecule has 0 aliphatic heterocycles. The second-order valence-electron chi connectivity index (χ2n) is 4.15. The quantitative estimate of drug-likeness (QED) is 0.616. The van der Waals surface area contributed by atoms with Crippen molar-refractivity contribution >= 4 is 5.91 Å². The molecule has 92 valence electrons. The maximum atomic E-state index is 11.5. The Balaban J connectivity index is 3.75. The average molecular weight is 224 g/mol. The lowest BCUT2D eigenvalue weighted by Gasteiger charge is -2.16. The van der Waals surface area contributed by atoms with Crippen LogP contribution < -0.4 is 10.6 Å². The van der Waals surface area contributed by atoms with E-state index < -0.39 is 0 Å². The van der Waals surface area contributed by atoms with Gasteiger partial charge in [-0.2, -0.15) is 0 Å². The van der Waals surface area contributed by atoms with Crippen LogP contribution in [0.4, 0.5) is 0 Å². The van der Waals surface area contributed by atoms with Gasteiger partial charge in [0.15, 0.2) is 0 Å². The Morgan fingerprint density at radius 3 is 2.62 bits per heavy atom. The second kappa shape index (κ2) is 9.23. The standard InChI is InChI=1S/C13H24N2O/c1-5-8-11(4)15-13(16)10-14-12(7-3)9-6-2/h2,11-12,14H,5,7-10H2,1,3-4H3,(H,15,16). The Morgan fingerprint density at radius 2 is 2.12 bits per heavy atom. The zero-order valence-corrected chi connectivity index (χ0v) is 10.7. The summed E-state index contributed by atoms with van der Waals surface area (Å²) in [4.78, 5) is 11.5. The summed E-state index contributed by atoms with van der Waals surface area (Å²) in [5.74, 6) is 2.66. The molecule has 2 unspecified atom stereocenters. The summed E-state index contributed by atoms with van der Waals surface area (Å²) in [7, 11) is 0. The van der Waals surface area contributed by atoms with Gasteiger partial charge in [-0.15, -0.1) is 12.3 Å². The highest BCUT2D eigenvalue weighted by Crippen LogP contribution is 1.96. The summed E-state index contributed by atoms with van der Waals surface area (Å²) in [5, 5.41) is 6.11. The van der Waals surface area contributed by atoms with Gasteiger partial charge in [0.2, 0.25) is 5.91 Å². The lowest BCUT2D eigenvalue weighted by molar-refractivity contribution is -0.121. The molecule has 0 saturated carbocycles. The van der Waals surface area contributed by atoms with Crippen molar-refractivity contribution in [1.82, 2.24) is 10.6 Å². The third-order valence-electron chi connectivity index (χ3n) is 2.54. The topological polar surface area (TPSA) is 41.1 Å². The molecule has 2 N–H and O–H groups in total. The van der Waals surface area contributed by atoms with Crippen LogP contribution in [0.3, 0.4) is 0 Å². The molecule has 0 spiro atoms. The molecule has 3 nitrogen and oxygen atoms in total. The first-order valence-electron chi connectivity index (χ1n) is 6.10. The Hall–Kier alpha value is -1.01. The van der Waals surface area contributed by atoms with Gasteiger partial charge in [0.25, 0.3) is 0 Å². The van der Waals surface area contributed by atoms with Crippen LogP contribution in [0.1, 0.15) is 46.5 Å². The van der Waals surface area contributed by atoms with Crippen LogP contribution in [-0.4, -0.2) is 24.5 Å². The first kappa shape index (κ1) is 15.0. The predicted octanol–water partition coefficient (Wildman–Crippen LogP) is 1.68. The van der Waals surface area contributed by atoms with Crippen molar-refractivity contribution in [3.05, 3.63) is 0 Å². The van der Waals surface area contributed by atoms with Gasteiger partial charge in [-0.25, -0.2) is 0 Å². The van der Waals surface area contributed by atoms with Crippen LogP contribution in [-0.2, 0) is 4.79 Å². The van der Waals surface area contributed by atoms with Crippen LogP contribution in [0, 0.1) is 12.3 Å². The number of terminal acetylenes is 1. The van der Waals surface area contributed by atoms with Crippen molar-refractivity contribution < 1.29 is 4.79 Å². The highest BCUT2D eigenvalue weighted by Gasteiger charge is 2.09. The molecule has 16 heavy (non-hydrogen) atoms. The average Bonchev–Trinajstić information content (AvgIpc) is 2.24. The molecule has 0 radical (unpaired) electrons. The molecule has 3 heteroatoms. The number of amides is 1. The molecule has 0 saturated heterocycles. The molecule has 2 atom stereocenters. The van der Waals surface area contributed by atoms with Gasteiger partial charge in [-0.1, -0.05) is 20.3 Å². The Labute approximate surface area is 99.4 Å². The van der Waals surface area contributed by atoms with Gasteiger partial charge < -0.3 is 10.6 Å². The molecule has 1 amide bonds. The van der Waals surface area contributed by atoms with Crippen LogP contribution in [0.5, 0.6) is 0 Å². The van der Waals surface area contributed by atoms with Crippen LogP contribution in [0.2, 0.25) is 0 Å². The van der Waals surface area contributed by atoms with Gasteiger partial charge >= 0.3 is 0 Å². The third kappa shape index (κ3) is 7.30. The zero-order chi connectivity index (χ0) is 12.4. The first-order valence-corrected chi connectivity index (χ1v) is 6.10. The lowest BCUT2D eigenvalue weighted by atomic mass is 10.1. The number of carbonyl (C=O) groups is 1. The maximum Gasteiger partial charge on any atom is 0.234 e. The summed E-state index contributed by atoms with van der Waals surface area (Å²) in [6, 6.07) is 0.504. The molecule has 0 aromatic carbocycles. The van der Waals surface area contributed by atoms with Gasteiger partial charge in [-0.05, 0) is 19.8 Å². The van der Waals surface area contributed by atoms with Gasteiger partial charge in [0.1, 0.15) is 0 Å². The summed E-state index contributed by atoms with van der Waals surface area (Å²) in [6.45, 7) is 6.56. The number of hydrogen-bond acceptors (Lipinski definition) is 2. The van der Waals surface area contributed by atoms with Crippen LogP contribution >= 0.6 is 0 Å². The summed E-state index contributed by atoms with van der Waals surface area (Å²) < 4.78 is 0. The molecule has 0 rings (SSSR count). The fourth-order valence-corrected chi connectivity index (χ4v) is 1.57. The van der Waals surface area contributed by atoms with Gasteiger partial charge in [-0.3, -0.25) is 4.79 Å². The van der Waals surface area contributed by atoms with Gasteiger partial charge in [0, 0.05) is 18.5 Å². The van der Waals surface area contributed by atoms with Crippen LogP contribution in [0.25, 0.3) is 0 Å². The van der Waals surface area contributed by atoms with E-state index in [2.05, 4.69) is 30.4 Å². The number of hydrogen-bond donors (Lipinski definition) is 2. The molecule has 0 aromatic rings. The van der Waals surface area contributed by atoms with Crippen LogP contribution in [0.15, 0.2) is 0 Å². The van der Waals surface area contributed by atoms with Crippen molar-refractivity contribution in [2.24, 2.45) is 0 Å².